The van der Waals surface area contributed by atoms with Crippen LogP contribution in [0.25, 0.3) is 11.3 Å². The predicted molar refractivity (Wildman–Crippen MR) is 76.5 cm³/mol. The molecule has 3 heterocycles. The van der Waals surface area contributed by atoms with Crippen molar-refractivity contribution < 1.29 is 4.79 Å². The van der Waals surface area contributed by atoms with Crippen LogP contribution in [0.1, 0.15) is 16.4 Å². The number of imidazole rings is 1. The molecule has 0 amide bonds. The molecule has 0 atom stereocenters. The Morgan fingerprint density at radius 2 is 1.90 bits per heavy atom. The Labute approximate surface area is 121 Å². The van der Waals surface area contributed by atoms with Crippen LogP contribution in [0.4, 0.5) is 0 Å². The van der Waals surface area contributed by atoms with Crippen molar-refractivity contribution in [2.75, 3.05) is 0 Å². The molecule has 0 unspecified atom stereocenters. The Kier molecular flexibility index (Phi) is 3.51. The van der Waals surface area contributed by atoms with E-state index < -0.39 is 0 Å². The van der Waals surface area contributed by atoms with Gasteiger partial charge in [-0.3, -0.25) is 9.78 Å². The van der Waals surface area contributed by atoms with Crippen molar-refractivity contribution in [3.63, 3.8) is 0 Å². The third kappa shape index (κ3) is 2.84. The summed E-state index contributed by atoms with van der Waals surface area (Å²) < 4.78 is 1.69. The molecule has 3 rings (SSSR count). The van der Waals surface area contributed by atoms with Crippen molar-refractivity contribution >= 4 is 5.78 Å². The Balaban J connectivity index is 1.76. The average Bonchev–Trinajstić information content (AvgIpc) is 2.95. The summed E-state index contributed by atoms with van der Waals surface area (Å²) in [5, 5.41) is 0. The molecule has 0 spiro atoms. The molecule has 0 aliphatic heterocycles. The number of aromatic nitrogens is 5. The third-order valence-corrected chi connectivity index (χ3v) is 3.06. The van der Waals surface area contributed by atoms with Gasteiger partial charge in [0, 0.05) is 43.6 Å². The van der Waals surface area contributed by atoms with E-state index in [1.54, 1.807) is 42.6 Å². The van der Waals surface area contributed by atoms with Gasteiger partial charge < -0.3 is 4.57 Å². The lowest BCUT2D eigenvalue weighted by molar-refractivity contribution is 0.0978. The Morgan fingerprint density at radius 1 is 1.10 bits per heavy atom. The first-order valence-corrected chi connectivity index (χ1v) is 6.47. The summed E-state index contributed by atoms with van der Waals surface area (Å²) in [5.74, 6) is 0.781. The number of ketones is 1. The molecule has 104 valence electrons. The van der Waals surface area contributed by atoms with Crippen LogP contribution >= 0.6 is 0 Å². The highest BCUT2D eigenvalue weighted by molar-refractivity contribution is 5.93. The maximum Gasteiger partial charge on any atom is 0.205 e. The summed E-state index contributed by atoms with van der Waals surface area (Å²) >= 11 is 0. The minimum atomic E-state index is -0.104. The van der Waals surface area contributed by atoms with Crippen LogP contribution in [0.2, 0.25) is 0 Å². The van der Waals surface area contributed by atoms with Crippen LogP contribution in [0, 0.1) is 0 Å². The predicted octanol–water partition coefficient (Wildman–Crippen LogP) is 1.70. The number of Topliss-reactive ketones (excluding diaryl/α,β-unsaturated/α-hetero) is 1. The van der Waals surface area contributed by atoms with Crippen LogP contribution in [0.5, 0.6) is 0 Å². The number of pyridine rings is 1. The molecule has 0 aromatic carbocycles. The first kappa shape index (κ1) is 13.1. The van der Waals surface area contributed by atoms with Crippen molar-refractivity contribution in [3.8, 4) is 11.3 Å². The minimum Gasteiger partial charge on any atom is -0.332 e. The first-order chi connectivity index (χ1) is 10.2. The molecule has 0 saturated carbocycles. The van der Waals surface area contributed by atoms with E-state index in [9.17, 15) is 4.79 Å². The number of rotatable bonds is 4. The summed E-state index contributed by atoms with van der Waals surface area (Å²) in [6, 6.07) is 5.64. The van der Waals surface area contributed by atoms with Crippen molar-refractivity contribution in [3.05, 3.63) is 60.8 Å². The smallest absolute Gasteiger partial charge is 0.205 e. The fourth-order valence-electron chi connectivity index (χ4n) is 1.97. The van der Waals surface area contributed by atoms with Gasteiger partial charge in [0.05, 0.1) is 12.1 Å². The number of carbonyl (C=O) groups excluding carboxylic acids is 1. The number of carbonyl (C=O) groups is 1. The number of aryl methyl sites for hydroxylation is 1. The lowest BCUT2D eigenvalue weighted by Crippen LogP contribution is -2.12. The highest BCUT2D eigenvalue weighted by Crippen LogP contribution is 2.13. The fourth-order valence-corrected chi connectivity index (χ4v) is 1.97. The van der Waals surface area contributed by atoms with Crippen molar-refractivity contribution in [2.24, 2.45) is 7.05 Å². The van der Waals surface area contributed by atoms with E-state index in [1.165, 1.54) is 0 Å². The van der Waals surface area contributed by atoms with E-state index in [0.717, 1.165) is 11.3 Å². The molecule has 0 radical (unpaired) electrons. The summed E-state index contributed by atoms with van der Waals surface area (Å²) in [4.78, 5) is 28.8. The number of hydrogen-bond acceptors (Lipinski definition) is 5. The molecule has 0 aliphatic carbocycles. The molecular weight excluding hydrogens is 266 g/mol. The molecule has 0 aliphatic rings. The molecule has 0 bridgehead atoms. The van der Waals surface area contributed by atoms with Gasteiger partial charge in [-0.15, -0.1) is 0 Å². The van der Waals surface area contributed by atoms with Gasteiger partial charge in [0.15, 0.2) is 5.82 Å². The van der Waals surface area contributed by atoms with Crippen LogP contribution in [-0.4, -0.2) is 30.3 Å². The summed E-state index contributed by atoms with van der Waals surface area (Å²) in [6.07, 6.45) is 8.53. The van der Waals surface area contributed by atoms with E-state index >= 15 is 0 Å². The SMILES string of the molecule is Cn1ccnc1C(=O)Cc1ncc(-c2ccccn2)cn1. The maximum absolute atomic E-state index is 12.1. The highest BCUT2D eigenvalue weighted by atomic mass is 16.1. The molecule has 6 nitrogen and oxygen atoms in total. The van der Waals surface area contributed by atoms with Gasteiger partial charge in [-0.25, -0.2) is 15.0 Å². The van der Waals surface area contributed by atoms with Crippen LogP contribution < -0.4 is 0 Å². The number of hydrogen-bond donors (Lipinski definition) is 0. The van der Waals surface area contributed by atoms with Crippen molar-refractivity contribution in [2.45, 2.75) is 6.42 Å². The van der Waals surface area contributed by atoms with Gasteiger partial charge in [-0.1, -0.05) is 6.07 Å². The monoisotopic (exact) mass is 279 g/mol. The summed E-state index contributed by atoms with van der Waals surface area (Å²) in [6.45, 7) is 0. The lowest BCUT2D eigenvalue weighted by Gasteiger charge is -2.02. The van der Waals surface area contributed by atoms with Crippen LogP contribution in [0.3, 0.4) is 0 Å². The van der Waals surface area contributed by atoms with E-state index in [-0.39, 0.29) is 12.2 Å². The van der Waals surface area contributed by atoms with Gasteiger partial charge >= 0.3 is 0 Å². The van der Waals surface area contributed by atoms with Crippen LogP contribution in [0.15, 0.2) is 49.2 Å². The fraction of sp³-hybridized carbons (Fsp3) is 0.133. The maximum atomic E-state index is 12.1. The molecule has 6 heteroatoms. The van der Waals surface area contributed by atoms with E-state index in [1.807, 2.05) is 18.2 Å². The van der Waals surface area contributed by atoms with Crippen molar-refractivity contribution in [1.82, 2.24) is 24.5 Å². The lowest BCUT2D eigenvalue weighted by atomic mass is 10.2. The van der Waals surface area contributed by atoms with Crippen LogP contribution in [-0.2, 0) is 13.5 Å². The normalized spacial score (nSPS) is 10.5. The molecular formula is C15H13N5O. The first-order valence-electron chi connectivity index (χ1n) is 6.47. The van der Waals surface area contributed by atoms with Gasteiger partial charge in [-0.05, 0) is 12.1 Å². The highest BCUT2D eigenvalue weighted by Gasteiger charge is 2.13. The largest absolute Gasteiger partial charge is 0.332 e. The third-order valence-electron chi connectivity index (χ3n) is 3.06. The van der Waals surface area contributed by atoms with Gasteiger partial charge in [0.25, 0.3) is 0 Å². The van der Waals surface area contributed by atoms with Gasteiger partial charge in [0.2, 0.25) is 5.78 Å². The summed E-state index contributed by atoms with van der Waals surface area (Å²) in [5.41, 5.74) is 1.63. The molecule has 0 N–H and O–H groups in total. The van der Waals surface area contributed by atoms with Gasteiger partial charge in [0.1, 0.15) is 5.82 Å². The Hall–Kier alpha value is -2.89. The Morgan fingerprint density at radius 3 is 2.52 bits per heavy atom. The van der Waals surface area contributed by atoms with Crippen molar-refractivity contribution in [1.29, 1.82) is 0 Å². The second kappa shape index (κ2) is 5.62. The van der Waals surface area contributed by atoms with Gasteiger partial charge in [-0.2, -0.15) is 0 Å². The average molecular weight is 279 g/mol. The topological polar surface area (TPSA) is 73.6 Å². The summed E-state index contributed by atoms with van der Waals surface area (Å²) in [7, 11) is 1.78. The Bertz CT molecular complexity index is 749. The second-order valence-corrected chi connectivity index (χ2v) is 4.56. The minimum absolute atomic E-state index is 0.104. The van der Waals surface area contributed by atoms with E-state index in [4.69, 9.17) is 0 Å². The standard InChI is InChI=1S/C15H13N5O/c1-20-7-6-17-15(20)13(21)8-14-18-9-11(10-19-14)12-4-2-3-5-16-12/h2-7,9-10H,8H2,1H3. The van der Waals surface area contributed by atoms with E-state index in [0.29, 0.717) is 11.6 Å². The molecule has 0 saturated heterocycles. The molecule has 3 aromatic heterocycles. The van der Waals surface area contributed by atoms with E-state index in [2.05, 4.69) is 19.9 Å². The molecule has 21 heavy (non-hydrogen) atoms. The second-order valence-electron chi connectivity index (χ2n) is 4.56. The molecule has 3 aromatic rings. The molecule has 0 fully saturated rings. The quantitative estimate of drug-likeness (QED) is 0.679. The zero-order valence-corrected chi connectivity index (χ0v) is 11.5. The zero-order chi connectivity index (χ0) is 14.7. The number of nitrogens with zero attached hydrogens (tertiary/aromatic N) is 5. The zero-order valence-electron chi connectivity index (χ0n) is 11.5.